The van der Waals surface area contributed by atoms with Crippen LogP contribution >= 0.6 is 12.2 Å². The Morgan fingerprint density at radius 1 is 1.22 bits per heavy atom. The highest BCUT2D eigenvalue weighted by molar-refractivity contribution is 7.80. The van der Waals surface area contributed by atoms with Crippen molar-refractivity contribution >= 4 is 17.3 Å². The van der Waals surface area contributed by atoms with Crippen LogP contribution in [-0.4, -0.2) is 39.8 Å². The Labute approximate surface area is 166 Å². The molecular weight excluding hydrogens is 356 g/mol. The molecular formula is C21H28N4OS. The highest BCUT2D eigenvalue weighted by atomic mass is 32.1. The number of rotatable bonds is 6. The first-order valence-electron chi connectivity index (χ1n) is 9.92. The predicted molar refractivity (Wildman–Crippen MR) is 111 cm³/mol. The summed E-state index contributed by atoms with van der Waals surface area (Å²) in [6.45, 7) is 1.42. The Hall–Kier alpha value is -1.92. The summed E-state index contributed by atoms with van der Waals surface area (Å²) in [6, 6.07) is 9.14. The second kappa shape index (κ2) is 8.40. The normalized spacial score (nSPS) is 23.6. The van der Waals surface area contributed by atoms with Crippen molar-refractivity contribution in [3.63, 3.8) is 0 Å². The molecule has 0 spiro atoms. The number of thiocarbonyl (C=S) groups is 1. The van der Waals surface area contributed by atoms with Crippen LogP contribution in [0.5, 0.6) is 0 Å². The van der Waals surface area contributed by atoms with E-state index in [1.165, 1.54) is 37.7 Å². The molecule has 2 aromatic rings. The van der Waals surface area contributed by atoms with Gasteiger partial charge in [0.2, 0.25) is 0 Å². The monoisotopic (exact) mass is 384 g/mol. The summed E-state index contributed by atoms with van der Waals surface area (Å²) in [7, 11) is 1.73. The zero-order valence-electron chi connectivity index (χ0n) is 15.9. The Bertz CT molecular complexity index is 757. The molecule has 1 saturated heterocycles. The van der Waals surface area contributed by atoms with Gasteiger partial charge in [0.15, 0.2) is 5.11 Å². The number of ether oxygens (including phenoxy) is 1. The Morgan fingerprint density at radius 2 is 2.07 bits per heavy atom. The van der Waals surface area contributed by atoms with Crippen molar-refractivity contribution in [2.24, 2.45) is 0 Å². The molecule has 2 aliphatic rings. The summed E-state index contributed by atoms with van der Waals surface area (Å²) < 4.78 is 7.74. The third kappa shape index (κ3) is 3.87. The van der Waals surface area contributed by atoms with Crippen LogP contribution in [0.25, 0.3) is 0 Å². The maximum atomic E-state index is 5.66. The van der Waals surface area contributed by atoms with E-state index in [4.69, 9.17) is 17.0 Å². The number of pyridine rings is 1. The summed E-state index contributed by atoms with van der Waals surface area (Å²) in [6.07, 6.45) is 13.0. The second-order valence-electron chi connectivity index (χ2n) is 7.50. The fraction of sp³-hybridized carbons (Fsp3) is 0.524. The molecule has 1 saturated carbocycles. The van der Waals surface area contributed by atoms with Crippen LogP contribution in [0.1, 0.15) is 61.5 Å². The third-order valence-electron chi connectivity index (χ3n) is 5.81. The van der Waals surface area contributed by atoms with Crippen molar-refractivity contribution < 1.29 is 4.74 Å². The SMILES string of the molecule is COCCN1C(=S)N[C@@H](c2ccccn2)[C@@H]1c1ccn(C2CCCCC2)c1. The lowest BCUT2D eigenvalue weighted by molar-refractivity contribution is 0.164. The zero-order chi connectivity index (χ0) is 18.6. The minimum Gasteiger partial charge on any atom is -0.383 e. The maximum absolute atomic E-state index is 5.66. The summed E-state index contributed by atoms with van der Waals surface area (Å²) in [5.74, 6) is 0. The van der Waals surface area contributed by atoms with E-state index in [0.29, 0.717) is 12.6 Å². The van der Waals surface area contributed by atoms with Crippen molar-refractivity contribution in [1.29, 1.82) is 0 Å². The molecule has 1 N–H and O–H groups in total. The molecule has 1 aliphatic heterocycles. The Morgan fingerprint density at radius 3 is 2.81 bits per heavy atom. The van der Waals surface area contributed by atoms with Gasteiger partial charge in [-0.2, -0.15) is 0 Å². The van der Waals surface area contributed by atoms with Crippen molar-refractivity contribution in [1.82, 2.24) is 19.8 Å². The number of nitrogens with zero attached hydrogens (tertiary/aromatic N) is 3. The summed E-state index contributed by atoms with van der Waals surface area (Å²) >= 11 is 5.66. The lowest BCUT2D eigenvalue weighted by atomic mass is 9.95. The third-order valence-corrected chi connectivity index (χ3v) is 6.16. The van der Waals surface area contributed by atoms with Crippen LogP contribution in [-0.2, 0) is 4.74 Å². The van der Waals surface area contributed by atoms with E-state index in [9.17, 15) is 0 Å². The van der Waals surface area contributed by atoms with Gasteiger partial charge in [0.05, 0.1) is 24.4 Å². The Balaban J connectivity index is 1.64. The molecule has 2 atom stereocenters. The van der Waals surface area contributed by atoms with Crippen molar-refractivity contribution in [2.75, 3.05) is 20.3 Å². The van der Waals surface area contributed by atoms with Gasteiger partial charge in [-0.05, 0) is 48.8 Å². The first-order valence-corrected chi connectivity index (χ1v) is 10.3. The van der Waals surface area contributed by atoms with Crippen molar-refractivity contribution in [2.45, 2.75) is 50.2 Å². The van der Waals surface area contributed by atoms with Crippen LogP contribution in [0.15, 0.2) is 42.9 Å². The molecule has 4 rings (SSSR count). The molecule has 1 aliphatic carbocycles. The highest BCUT2D eigenvalue weighted by Crippen LogP contribution is 2.39. The Kier molecular flexibility index (Phi) is 5.74. The van der Waals surface area contributed by atoms with Crippen LogP contribution in [0.4, 0.5) is 0 Å². The van der Waals surface area contributed by atoms with Gasteiger partial charge < -0.3 is 19.5 Å². The smallest absolute Gasteiger partial charge is 0.170 e. The van der Waals surface area contributed by atoms with Gasteiger partial charge in [-0.15, -0.1) is 0 Å². The molecule has 2 fully saturated rings. The number of nitrogens with one attached hydrogen (secondary N) is 1. The first-order chi connectivity index (χ1) is 13.3. The number of aromatic nitrogens is 2. The number of hydrogen-bond donors (Lipinski definition) is 1. The number of hydrogen-bond acceptors (Lipinski definition) is 3. The van der Waals surface area contributed by atoms with E-state index in [-0.39, 0.29) is 12.1 Å². The van der Waals surface area contributed by atoms with Crippen LogP contribution in [0.3, 0.4) is 0 Å². The average molecular weight is 385 g/mol. The lowest BCUT2D eigenvalue weighted by Gasteiger charge is -2.27. The zero-order valence-corrected chi connectivity index (χ0v) is 16.7. The van der Waals surface area contributed by atoms with Crippen molar-refractivity contribution in [3.05, 3.63) is 54.1 Å². The predicted octanol–water partition coefficient (Wildman–Crippen LogP) is 4.01. The van der Waals surface area contributed by atoms with E-state index in [1.54, 1.807) is 7.11 Å². The summed E-state index contributed by atoms with van der Waals surface area (Å²) in [5, 5.41) is 4.27. The molecule has 27 heavy (non-hydrogen) atoms. The highest BCUT2D eigenvalue weighted by Gasteiger charge is 2.40. The quantitative estimate of drug-likeness (QED) is 0.763. The minimum atomic E-state index is 0.0535. The molecule has 3 heterocycles. The summed E-state index contributed by atoms with van der Waals surface area (Å²) in [5.41, 5.74) is 2.31. The molecule has 2 aromatic heterocycles. The van der Waals surface area contributed by atoms with Gasteiger partial charge in [0.25, 0.3) is 0 Å². The molecule has 6 heteroatoms. The molecule has 0 bridgehead atoms. The van der Waals surface area contributed by atoms with Gasteiger partial charge in [0.1, 0.15) is 0 Å². The standard InChI is InChI=1S/C21H28N4OS/c1-26-14-13-25-20(19(23-21(25)27)18-9-5-6-11-22-18)16-10-12-24(15-16)17-7-3-2-4-8-17/h5-6,9-12,15,17,19-20H,2-4,7-8,13-14H2,1H3,(H,23,27)/t19-,20-/m0/s1. The summed E-state index contributed by atoms with van der Waals surface area (Å²) in [4.78, 5) is 6.84. The van der Waals surface area contributed by atoms with Crippen LogP contribution in [0, 0.1) is 0 Å². The van der Waals surface area contributed by atoms with Gasteiger partial charge in [0, 0.05) is 38.3 Å². The number of methoxy groups -OCH3 is 1. The molecule has 0 radical (unpaired) electrons. The molecule has 0 aromatic carbocycles. The molecule has 0 unspecified atom stereocenters. The fourth-order valence-electron chi connectivity index (χ4n) is 4.41. The van der Waals surface area contributed by atoms with E-state index in [1.807, 2.05) is 18.3 Å². The van der Waals surface area contributed by atoms with E-state index < -0.39 is 0 Å². The first kappa shape index (κ1) is 18.4. The van der Waals surface area contributed by atoms with Crippen LogP contribution in [0.2, 0.25) is 0 Å². The van der Waals surface area contributed by atoms with Crippen molar-refractivity contribution in [3.8, 4) is 0 Å². The topological polar surface area (TPSA) is 42.3 Å². The van der Waals surface area contributed by atoms with Gasteiger partial charge >= 0.3 is 0 Å². The largest absolute Gasteiger partial charge is 0.383 e. The van der Waals surface area contributed by atoms with E-state index >= 15 is 0 Å². The fourth-order valence-corrected chi connectivity index (χ4v) is 4.74. The molecule has 0 amide bonds. The molecule has 144 valence electrons. The average Bonchev–Trinajstić information content (AvgIpc) is 3.32. The minimum absolute atomic E-state index is 0.0535. The van der Waals surface area contributed by atoms with Gasteiger partial charge in [-0.1, -0.05) is 25.3 Å². The van der Waals surface area contributed by atoms with Gasteiger partial charge in [-0.25, -0.2) is 0 Å². The maximum Gasteiger partial charge on any atom is 0.170 e. The van der Waals surface area contributed by atoms with E-state index in [2.05, 4.69) is 44.3 Å². The van der Waals surface area contributed by atoms with Gasteiger partial charge in [-0.3, -0.25) is 4.98 Å². The molecule has 5 nitrogen and oxygen atoms in total. The second-order valence-corrected chi connectivity index (χ2v) is 7.88. The van der Waals surface area contributed by atoms with E-state index in [0.717, 1.165) is 17.4 Å². The lowest BCUT2D eigenvalue weighted by Crippen LogP contribution is -2.32. The van der Waals surface area contributed by atoms with Crippen LogP contribution < -0.4 is 5.32 Å².